The van der Waals surface area contributed by atoms with Crippen LogP contribution in [0, 0.1) is 5.92 Å². The van der Waals surface area contributed by atoms with Crippen molar-refractivity contribution in [2.45, 2.75) is 44.6 Å². The SMILES string of the molecule is O=C(NC1CCCCCCC1C(=O)O)c1ccc(-c2ccccn2)nc1. The molecule has 2 atom stereocenters. The first-order valence-corrected chi connectivity index (χ1v) is 9.06. The van der Waals surface area contributed by atoms with E-state index in [0.717, 1.165) is 31.4 Å². The molecule has 2 heterocycles. The average molecular weight is 353 g/mol. The molecule has 0 radical (unpaired) electrons. The number of hydrogen-bond acceptors (Lipinski definition) is 4. The second-order valence-corrected chi connectivity index (χ2v) is 6.66. The van der Waals surface area contributed by atoms with Gasteiger partial charge in [-0.2, -0.15) is 0 Å². The first-order chi connectivity index (χ1) is 12.6. The Bertz CT molecular complexity index is 747. The number of carbonyl (C=O) groups excluding carboxylic acids is 1. The third-order valence-electron chi connectivity index (χ3n) is 4.85. The number of amides is 1. The van der Waals surface area contributed by atoms with Crippen molar-refractivity contribution in [1.82, 2.24) is 15.3 Å². The fraction of sp³-hybridized carbons (Fsp3) is 0.400. The van der Waals surface area contributed by atoms with Crippen molar-refractivity contribution < 1.29 is 14.7 Å². The predicted molar refractivity (Wildman–Crippen MR) is 97.6 cm³/mol. The van der Waals surface area contributed by atoms with Gasteiger partial charge in [0.15, 0.2) is 0 Å². The largest absolute Gasteiger partial charge is 0.481 e. The van der Waals surface area contributed by atoms with Crippen LogP contribution in [0.5, 0.6) is 0 Å². The Kier molecular flexibility index (Phi) is 5.94. The van der Waals surface area contributed by atoms with Gasteiger partial charge in [-0.3, -0.25) is 19.6 Å². The minimum Gasteiger partial charge on any atom is -0.481 e. The minimum atomic E-state index is -0.833. The number of rotatable bonds is 4. The summed E-state index contributed by atoms with van der Waals surface area (Å²) in [4.78, 5) is 32.7. The van der Waals surface area contributed by atoms with Crippen LogP contribution in [0.4, 0.5) is 0 Å². The van der Waals surface area contributed by atoms with Crippen LogP contribution < -0.4 is 5.32 Å². The Morgan fingerprint density at radius 3 is 2.38 bits per heavy atom. The Morgan fingerprint density at radius 2 is 1.73 bits per heavy atom. The minimum absolute atomic E-state index is 0.276. The molecule has 26 heavy (non-hydrogen) atoms. The molecule has 0 saturated heterocycles. The highest BCUT2D eigenvalue weighted by Crippen LogP contribution is 2.23. The van der Waals surface area contributed by atoms with Gasteiger partial charge in [0.1, 0.15) is 0 Å². The van der Waals surface area contributed by atoms with Gasteiger partial charge in [-0.15, -0.1) is 0 Å². The molecule has 1 fully saturated rings. The molecule has 2 aromatic rings. The second kappa shape index (κ2) is 8.56. The molecular formula is C20H23N3O3. The van der Waals surface area contributed by atoms with E-state index < -0.39 is 11.9 Å². The Hall–Kier alpha value is -2.76. The molecule has 3 rings (SSSR count). The fourth-order valence-corrected chi connectivity index (χ4v) is 3.40. The molecule has 6 nitrogen and oxygen atoms in total. The summed E-state index contributed by atoms with van der Waals surface area (Å²) in [5.74, 6) is -1.64. The van der Waals surface area contributed by atoms with Gasteiger partial charge in [-0.25, -0.2) is 0 Å². The molecule has 136 valence electrons. The number of carboxylic acid groups (broad SMARTS) is 1. The van der Waals surface area contributed by atoms with Crippen molar-refractivity contribution in [3.05, 3.63) is 48.3 Å². The number of carboxylic acids is 1. The van der Waals surface area contributed by atoms with Crippen LogP contribution in [0.3, 0.4) is 0 Å². The van der Waals surface area contributed by atoms with Crippen molar-refractivity contribution in [3.63, 3.8) is 0 Å². The van der Waals surface area contributed by atoms with E-state index in [1.165, 1.54) is 6.20 Å². The van der Waals surface area contributed by atoms with Gasteiger partial charge >= 0.3 is 5.97 Å². The maximum Gasteiger partial charge on any atom is 0.308 e. The van der Waals surface area contributed by atoms with E-state index >= 15 is 0 Å². The Morgan fingerprint density at radius 1 is 0.962 bits per heavy atom. The van der Waals surface area contributed by atoms with E-state index in [1.54, 1.807) is 18.3 Å². The molecule has 1 amide bonds. The van der Waals surface area contributed by atoms with Gasteiger partial charge in [0.25, 0.3) is 5.91 Å². The first-order valence-electron chi connectivity index (χ1n) is 9.06. The zero-order valence-corrected chi connectivity index (χ0v) is 14.6. The van der Waals surface area contributed by atoms with Crippen molar-refractivity contribution in [2.24, 2.45) is 5.92 Å². The molecule has 1 aliphatic rings. The van der Waals surface area contributed by atoms with Crippen LogP contribution in [0.25, 0.3) is 11.4 Å². The number of hydrogen-bond donors (Lipinski definition) is 2. The van der Waals surface area contributed by atoms with Crippen LogP contribution in [0.2, 0.25) is 0 Å². The molecule has 0 bridgehead atoms. The Labute approximate surface area is 152 Å². The van der Waals surface area contributed by atoms with E-state index in [-0.39, 0.29) is 11.9 Å². The van der Waals surface area contributed by atoms with Crippen LogP contribution >= 0.6 is 0 Å². The summed E-state index contributed by atoms with van der Waals surface area (Å²) in [7, 11) is 0. The van der Waals surface area contributed by atoms with Crippen LogP contribution in [-0.4, -0.2) is 33.0 Å². The number of pyridine rings is 2. The van der Waals surface area contributed by atoms with Gasteiger partial charge < -0.3 is 10.4 Å². The van der Waals surface area contributed by atoms with Gasteiger partial charge in [-0.1, -0.05) is 31.7 Å². The maximum atomic E-state index is 12.6. The lowest BCUT2D eigenvalue weighted by Gasteiger charge is -2.27. The van der Waals surface area contributed by atoms with Gasteiger partial charge in [0.2, 0.25) is 0 Å². The summed E-state index contributed by atoms with van der Waals surface area (Å²) in [5.41, 5.74) is 1.86. The maximum absolute atomic E-state index is 12.6. The van der Waals surface area contributed by atoms with Crippen LogP contribution in [-0.2, 0) is 4.79 Å². The zero-order chi connectivity index (χ0) is 18.4. The number of carbonyl (C=O) groups is 2. The molecule has 2 aromatic heterocycles. The molecule has 0 spiro atoms. The number of aliphatic carboxylic acids is 1. The third kappa shape index (κ3) is 4.45. The van der Waals surface area contributed by atoms with Crippen molar-refractivity contribution >= 4 is 11.9 Å². The molecule has 1 aliphatic carbocycles. The van der Waals surface area contributed by atoms with E-state index in [2.05, 4.69) is 15.3 Å². The molecule has 0 aromatic carbocycles. The van der Waals surface area contributed by atoms with Crippen LogP contribution in [0.1, 0.15) is 48.9 Å². The normalized spacial score (nSPS) is 20.6. The molecule has 2 N–H and O–H groups in total. The summed E-state index contributed by atoms with van der Waals surface area (Å²) >= 11 is 0. The smallest absolute Gasteiger partial charge is 0.308 e. The highest BCUT2D eigenvalue weighted by atomic mass is 16.4. The van der Waals surface area contributed by atoms with E-state index in [4.69, 9.17) is 0 Å². The zero-order valence-electron chi connectivity index (χ0n) is 14.6. The topological polar surface area (TPSA) is 92.2 Å². The van der Waals surface area contributed by atoms with Crippen molar-refractivity contribution in [1.29, 1.82) is 0 Å². The molecule has 2 unspecified atom stereocenters. The summed E-state index contributed by atoms with van der Waals surface area (Å²) in [6, 6.07) is 8.68. The lowest BCUT2D eigenvalue weighted by molar-refractivity contribution is -0.143. The monoisotopic (exact) mass is 353 g/mol. The number of nitrogens with zero attached hydrogens (tertiary/aromatic N) is 2. The van der Waals surface area contributed by atoms with Crippen LogP contribution in [0.15, 0.2) is 42.7 Å². The molecular weight excluding hydrogens is 330 g/mol. The lowest BCUT2D eigenvalue weighted by Crippen LogP contribution is -2.43. The number of nitrogens with one attached hydrogen (secondary N) is 1. The summed E-state index contributed by atoms with van der Waals surface area (Å²) in [6.45, 7) is 0. The lowest BCUT2D eigenvalue weighted by atomic mass is 9.86. The van der Waals surface area contributed by atoms with Gasteiger partial charge in [-0.05, 0) is 37.1 Å². The predicted octanol–water partition coefficient (Wildman–Crippen LogP) is 3.30. The highest BCUT2D eigenvalue weighted by molar-refractivity contribution is 5.94. The van der Waals surface area contributed by atoms with E-state index in [0.29, 0.717) is 24.1 Å². The fourth-order valence-electron chi connectivity index (χ4n) is 3.40. The average Bonchev–Trinajstić information content (AvgIpc) is 2.64. The summed E-state index contributed by atoms with van der Waals surface area (Å²) < 4.78 is 0. The quantitative estimate of drug-likeness (QED) is 0.880. The van der Waals surface area contributed by atoms with Gasteiger partial charge in [0.05, 0.1) is 22.9 Å². The second-order valence-electron chi connectivity index (χ2n) is 6.66. The van der Waals surface area contributed by atoms with Crippen molar-refractivity contribution in [2.75, 3.05) is 0 Å². The summed E-state index contributed by atoms with van der Waals surface area (Å²) in [5, 5.41) is 12.4. The molecule has 6 heteroatoms. The van der Waals surface area contributed by atoms with E-state index in [1.807, 2.05) is 18.2 Å². The Balaban J connectivity index is 1.70. The third-order valence-corrected chi connectivity index (χ3v) is 4.85. The molecule has 1 saturated carbocycles. The van der Waals surface area contributed by atoms with Gasteiger partial charge in [0, 0.05) is 18.4 Å². The number of aromatic nitrogens is 2. The highest BCUT2D eigenvalue weighted by Gasteiger charge is 2.30. The standard InChI is InChI=1S/C20H23N3O3/c24-19(23-16-8-4-2-1-3-7-15(16)20(25)26)14-10-11-18(22-13-14)17-9-5-6-12-21-17/h5-6,9-13,15-16H,1-4,7-8H2,(H,23,24)(H,25,26). The molecule has 0 aliphatic heterocycles. The van der Waals surface area contributed by atoms with Crippen molar-refractivity contribution in [3.8, 4) is 11.4 Å². The summed E-state index contributed by atoms with van der Waals surface area (Å²) in [6.07, 6.45) is 8.48. The van der Waals surface area contributed by atoms with E-state index in [9.17, 15) is 14.7 Å². The first kappa shape index (κ1) is 18.0.